The highest BCUT2D eigenvalue weighted by Gasteiger charge is 2.24. The maximum absolute atomic E-state index is 12.2. The Bertz CT molecular complexity index is 467. The highest BCUT2D eigenvalue weighted by Crippen LogP contribution is 2.16. The lowest BCUT2D eigenvalue weighted by atomic mass is 10.1. The molecular weight excluding hydrogens is 266 g/mol. The van der Waals surface area contributed by atoms with E-state index in [0.29, 0.717) is 25.4 Å². The van der Waals surface area contributed by atoms with Gasteiger partial charge in [-0.3, -0.25) is 4.79 Å². The van der Waals surface area contributed by atoms with E-state index in [2.05, 4.69) is 4.98 Å². The number of carbonyl (C=O) groups is 2. The summed E-state index contributed by atoms with van der Waals surface area (Å²) < 4.78 is 4.85. The molecule has 0 radical (unpaired) electrons. The molecule has 0 atom stereocenters. The van der Waals surface area contributed by atoms with Gasteiger partial charge in [0.2, 0.25) is 5.01 Å². The Labute approximate surface area is 115 Å². The van der Waals surface area contributed by atoms with Crippen LogP contribution in [0.15, 0.2) is 5.38 Å². The van der Waals surface area contributed by atoms with Gasteiger partial charge in [0.05, 0.1) is 6.61 Å². The Hall–Kier alpha value is -1.47. The third-order valence-electron chi connectivity index (χ3n) is 3.00. The van der Waals surface area contributed by atoms with Crippen molar-refractivity contribution in [1.29, 1.82) is 0 Å². The minimum absolute atomic E-state index is 0.140. The summed E-state index contributed by atoms with van der Waals surface area (Å²) in [6.45, 7) is 3.32. The molecule has 0 unspecified atom stereocenters. The quantitative estimate of drug-likeness (QED) is 0.832. The number of carbonyl (C=O) groups excluding carboxylic acids is 2. The number of hydrogen-bond acceptors (Lipinski definition) is 6. The lowest BCUT2D eigenvalue weighted by Gasteiger charge is -2.29. The van der Waals surface area contributed by atoms with Gasteiger partial charge in [-0.15, -0.1) is 11.3 Å². The van der Waals surface area contributed by atoms with Gasteiger partial charge in [0, 0.05) is 24.5 Å². The lowest BCUT2D eigenvalue weighted by Crippen LogP contribution is -2.43. The van der Waals surface area contributed by atoms with Crippen LogP contribution in [-0.4, -0.2) is 47.5 Å². The molecule has 1 aliphatic rings. The number of piperidine rings is 1. The van der Waals surface area contributed by atoms with Crippen molar-refractivity contribution < 1.29 is 14.3 Å². The Balaban J connectivity index is 2.02. The monoisotopic (exact) mass is 283 g/mol. The number of thiazole rings is 1. The van der Waals surface area contributed by atoms with Crippen molar-refractivity contribution in [2.24, 2.45) is 5.73 Å². The topological polar surface area (TPSA) is 85.5 Å². The number of ether oxygens (including phenoxy) is 1. The molecule has 1 aromatic rings. The molecular formula is C12H17N3O3S. The van der Waals surface area contributed by atoms with E-state index in [1.54, 1.807) is 17.2 Å². The Morgan fingerprint density at radius 3 is 2.84 bits per heavy atom. The van der Waals surface area contributed by atoms with Gasteiger partial charge in [-0.1, -0.05) is 0 Å². The second kappa shape index (κ2) is 6.12. The molecule has 1 amide bonds. The molecule has 7 heteroatoms. The van der Waals surface area contributed by atoms with Crippen LogP contribution in [0.25, 0.3) is 0 Å². The van der Waals surface area contributed by atoms with Crippen LogP contribution in [0.5, 0.6) is 0 Å². The number of likely N-dealkylation sites (tertiary alicyclic amines) is 1. The maximum Gasteiger partial charge on any atom is 0.367 e. The van der Waals surface area contributed by atoms with Gasteiger partial charge < -0.3 is 15.4 Å². The normalized spacial score (nSPS) is 16.4. The molecule has 0 saturated carbocycles. The van der Waals surface area contributed by atoms with Gasteiger partial charge >= 0.3 is 5.97 Å². The fraction of sp³-hybridized carbons (Fsp3) is 0.583. The molecule has 1 aromatic heterocycles. The Kier molecular flexibility index (Phi) is 4.49. The van der Waals surface area contributed by atoms with E-state index in [0.717, 1.165) is 24.2 Å². The number of nitrogens with zero attached hydrogens (tertiary/aromatic N) is 2. The van der Waals surface area contributed by atoms with Crippen LogP contribution in [0.4, 0.5) is 0 Å². The van der Waals surface area contributed by atoms with Crippen LogP contribution >= 0.6 is 11.3 Å². The SMILES string of the molecule is CCOC(=O)c1nc(C(=O)N2CCC(N)CC2)cs1. The average Bonchev–Trinajstić information content (AvgIpc) is 2.89. The molecule has 0 spiro atoms. The summed E-state index contributed by atoms with van der Waals surface area (Å²) in [6.07, 6.45) is 1.61. The predicted octanol–water partition coefficient (Wildman–Crippen LogP) is 0.883. The molecule has 2 rings (SSSR count). The zero-order chi connectivity index (χ0) is 13.8. The summed E-state index contributed by atoms with van der Waals surface area (Å²) in [5.74, 6) is -0.620. The van der Waals surface area contributed by atoms with E-state index >= 15 is 0 Å². The first-order valence-corrected chi connectivity index (χ1v) is 7.17. The smallest absolute Gasteiger partial charge is 0.367 e. The number of rotatable bonds is 3. The van der Waals surface area contributed by atoms with Gasteiger partial charge in [0.1, 0.15) is 5.69 Å². The van der Waals surface area contributed by atoms with Crippen molar-refractivity contribution in [2.45, 2.75) is 25.8 Å². The fourth-order valence-electron chi connectivity index (χ4n) is 1.92. The largest absolute Gasteiger partial charge is 0.461 e. The second-order valence-corrected chi connectivity index (χ2v) is 5.25. The minimum atomic E-state index is -0.479. The van der Waals surface area contributed by atoms with Crippen molar-refractivity contribution >= 4 is 23.2 Å². The summed E-state index contributed by atoms with van der Waals surface area (Å²) in [4.78, 5) is 29.4. The highest BCUT2D eigenvalue weighted by atomic mass is 32.1. The molecule has 1 saturated heterocycles. The van der Waals surface area contributed by atoms with Gasteiger partial charge in [-0.05, 0) is 19.8 Å². The van der Waals surface area contributed by atoms with Crippen LogP contribution in [0.3, 0.4) is 0 Å². The van der Waals surface area contributed by atoms with Gasteiger partial charge in [-0.25, -0.2) is 9.78 Å². The molecule has 1 aliphatic heterocycles. The zero-order valence-electron chi connectivity index (χ0n) is 10.8. The first-order valence-electron chi connectivity index (χ1n) is 6.29. The molecule has 0 aliphatic carbocycles. The average molecular weight is 283 g/mol. The van der Waals surface area contributed by atoms with Gasteiger partial charge in [0.25, 0.3) is 5.91 Å². The molecule has 1 fully saturated rings. The predicted molar refractivity (Wildman–Crippen MR) is 71.2 cm³/mol. The highest BCUT2D eigenvalue weighted by molar-refractivity contribution is 7.11. The number of aromatic nitrogens is 1. The number of esters is 1. The molecule has 6 nitrogen and oxygen atoms in total. The number of amides is 1. The minimum Gasteiger partial charge on any atom is -0.461 e. The van der Waals surface area contributed by atoms with Crippen molar-refractivity contribution in [3.05, 3.63) is 16.1 Å². The van der Waals surface area contributed by atoms with E-state index in [1.807, 2.05) is 0 Å². The van der Waals surface area contributed by atoms with Crippen molar-refractivity contribution in [3.63, 3.8) is 0 Å². The molecule has 0 aromatic carbocycles. The van der Waals surface area contributed by atoms with E-state index < -0.39 is 5.97 Å². The van der Waals surface area contributed by atoms with Crippen LogP contribution in [0, 0.1) is 0 Å². The number of nitrogens with two attached hydrogens (primary N) is 1. The summed E-state index contributed by atoms with van der Waals surface area (Å²) in [7, 11) is 0. The van der Waals surface area contributed by atoms with Crippen molar-refractivity contribution in [3.8, 4) is 0 Å². The van der Waals surface area contributed by atoms with E-state index in [1.165, 1.54) is 0 Å². The first kappa shape index (κ1) is 14.0. The van der Waals surface area contributed by atoms with Gasteiger partial charge in [0.15, 0.2) is 0 Å². The van der Waals surface area contributed by atoms with Crippen molar-refractivity contribution in [2.75, 3.05) is 19.7 Å². The third kappa shape index (κ3) is 3.30. The van der Waals surface area contributed by atoms with Crippen LogP contribution in [0.1, 0.15) is 40.1 Å². The van der Waals surface area contributed by atoms with E-state index in [9.17, 15) is 9.59 Å². The third-order valence-corrected chi connectivity index (χ3v) is 3.82. The van der Waals surface area contributed by atoms with Gasteiger partial charge in [-0.2, -0.15) is 0 Å². The van der Waals surface area contributed by atoms with Crippen LogP contribution in [0.2, 0.25) is 0 Å². The fourth-order valence-corrected chi connectivity index (χ4v) is 2.61. The molecule has 2 N–H and O–H groups in total. The van der Waals surface area contributed by atoms with Crippen LogP contribution < -0.4 is 5.73 Å². The van der Waals surface area contributed by atoms with E-state index in [4.69, 9.17) is 10.5 Å². The molecule has 19 heavy (non-hydrogen) atoms. The van der Waals surface area contributed by atoms with E-state index in [-0.39, 0.29) is 17.0 Å². The summed E-state index contributed by atoms with van der Waals surface area (Å²) in [5, 5.41) is 1.82. The standard InChI is InChI=1S/C12H17N3O3S/c1-2-18-12(17)10-14-9(7-19-10)11(16)15-5-3-8(13)4-6-15/h7-8H,2-6,13H2,1H3. The number of hydrogen-bond donors (Lipinski definition) is 1. The Morgan fingerprint density at radius 2 is 2.21 bits per heavy atom. The van der Waals surface area contributed by atoms with Crippen LogP contribution in [-0.2, 0) is 4.74 Å². The zero-order valence-corrected chi connectivity index (χ0v) is 11.6. The maximum atomic E-state index is 12.2. The second-order valence-electron chi connectivity index (χ2n) is 4.39. The van der Waals surface area contributed by atoms with Crippen molar-refractivity contribution in [1.82, 2.24) is 9.88 Å². The lowest BCUT2D eigenvalue weighted by molar-refractivity contribution is 0.0526. The molecule has 2 heterocycles. The Morgan fingerprint density at radius 1 is 1.53 bits per heavy atom. The summed E-state index contributed by atoms with van der Waals surface area (Å²) in [6, 6.07) is 0.176. The summed E-state index contributed by atoms with van der Waals surface area (Å²) in [5.41, 5.74) is 6.11. The molecule has 104 valence electrons. The first-order chi connectivity index (χ1) is 9.11. The molecule has 0 bridgehead atoms. The summed E-state index contributed by atoms with van der Waals surface area (Å²) >= 11 is 1.13.